The molecule has 0 saturated heterocycles. The standard InChI is InChI=1S/C10H19N/c1-4-6-9(3)10(8-11)7-5-2/h9-10H,4-7H2,1-3H3. The molecule has 11 heavy (non-hydrogen) atoms. The Morgan fingerprint density at radius 2 is 1.73 bits per heavy atom. The lowest BCUT2D eigenvalue weighted by Gasteiger charge is -2.15. The zero-order chi connectivity index (χ0) is 8.69. The van der Waals surface area contributed by atoms with E-state index < -0.39 is 0 Å². The lowest BCUT2D eigenvalue weighted by molar-refractivity contribution is 0.382. The van der Waals surface area contributed by atoms with E-state index in [2.05, 4.69) is 26.8 Å². The van der Waals surface area contributed by atoms with Crippen molar-refractivity contribution in [2.75, 3.05) is 0 Å². The molecule has 0 N–H and O–H groups in total. The topological polar surface area (TPSA) is 23.8 Å². The molecule has 0 bridgehead atoms. The number of hydrogen-bond acceptors (Lipinski definition) is 1. The van der Waals surface area contributed by atoms with Crippen LogP contribution in [0.1, 0.15) is 46.5 Å². The van der Waals surface area contributed by atoms with Gasteiger partial charge in [0.25, 0.3) is 0 Å². The maximum absolute atomic E-state index is 8.80. The van der Waals surface area contributed by atoms with Crippen LogP contribution in [0.4, 0.5) is 0 Å². The fourth-order valence-electron chi connectivity index (χ4n) is 1.44. The Balaban J connectivity index is 3.73. The van der Waals surface area contributed by atoms with Crippen molar-refractivity contribution in [1.29, 1.82) is 5.26 Å². The van der Waals surface area contributed by atoms with Crippen molar-refractivity contribution < 1.29 is 0 Å². The van der Waals surface area contributed by atoms with Gasteiger partial charge in [-0.05, 0) is 18.8 Å². The van der Waals surface area contributed by atoms with Crippen LogP contribution in [0.2, 0.25) is 0 Å². The van der Waals surface area contributed by atoms with Crippen molar-refractivity contribution in [3.63, 3.8) is 0 Å². The van der Waals surface area contributed by atoms with E-state index in [0.717, 1.165) is 12.8 Å². The minimum Gasteiger partial charge on any atom is -0.198 e. The van der Waals surface area contributed by atoms with Gasteiger partial charge in [0.2, 0.25) is 0 Å². The first kappa shape index (κ1) is 10.5. The predicted molar refractivity (Wildman–Crippen MR) is 48.1 cm³/mol. The Morgan fingerprint density at radius 3 is 2.09 bits per heavy atom. The van der Waals surface area contributed by atoms with Crippen molar-refractivity contribution in [2.45, 2.75) is 46.5 Å². The molecule has 0 rings (SSSR count). The monoisotopic (exact) mass is 153 g/mol. The van der Waals surface area contributed by atoms with Gasteiger partial charge in [-0.3, -0.25) is 0 Å². The number of rotatable bonds is 5. The van der Waals surface area contributed by atoms with Gasteiger partial charge in [-0.2, -0.15) is 5.26 Å². The van der Waals surface area contributed by atoms with Crippen LogP contribution in [-0.2, 0) is 0 Å². The van der Waals surface area contributed by atoms with E-state index in [1.165, 1.54) is 12.8 Å². The van der Waals surface area contributed by atoms with Crippen molar-refractivity contribution >= 4 is 0 Å². The molecule has 1 heteroatoms. The van der Waals surface area contributed by atoms with Gasteiger partial charge < -0.3 is 0 Å². The summed E-state index contributed by atoms with van der Waals surface area (Å²) >= 11 is 0. The molecular weight excluding hydrogens is 134 g/mol. The molecule has 0 aromatic carbocycles. The SMILES string of the molecule is CCCC(C)C(C#N)CCC. The highest BCUT2D eigenvalue weighted by Gasteiger charge is 2.13. The molecule has 2 unspecified atom stereocenters. The molecule has 0 aliphatic heterocycles. The van der Waals surface area contributed by atoms with Gasteiger partial charge in [-0.25, -0.2) is 0 Å². The fourth-order valence-corrected chi connectivity index (χ4v) is 1.44. The van der Waals surface area contributed by atoms with Crippen LogP contribution in [0.5, 0.6) is 0 Å². The summed E-state index contributed by atoms with van der Waals surface area (Å²) in [5, 5.41) is 8.80. The number of nitrogens with zero attached hydrogens (tertiary/aromatic N) is 1. The van der Waals surface area contributed by atoms with E-state index in [-0.39, 0.29) is 0 Å². The lowest BCUT2D eigenvalue weighted by atomic mass is 9.88. The highest BCUT2D eigenvalue weighted by molar-refractivity contribution is 4.85. The summed E-state index contributed by atoms with van der Waals surface area (Å²) in [6.45, 7) is 6.51. The summed E-state index contributed by atoms with van der Waals surface area (Å²) in [5.41, 5.74) is 0. The summed E-state index contributed by atoms with van der Waals surface area (Å²) in [7, 11) is 0. The third-order valence-electron chi connectivity index (χ3n) is 2.20. The molecule has 2 atom stereocenters. The molecule has 0 spiro atoms. The molecule has 1 nitrogen and oxygen atoms in total. The second-order valence-corrected chi connectivity index (χ2v) is 3.29. The Hall–Kier alpha value is -0.510. The number of nitriles is 1. The minimum atomic E-state index is 0.292. The average Bonchev–Trinajstić information content (AvgIpc) is 2.00. The van der Waals surface area contributed by atoms with Crippen molar-refractivity contribution in [1.82, 2.24) is 0 Å². The Bertz CT molecular complexity index is 123. The second-order valence-electron chi connectivity index (χ2n) is 3.29. The van der Waals surface area contributed by atoms with Crippen molar-refractivity contribution in [3.05, 3.63) is 0 Å². The number of hydrogen-bond donors (Lipinski definition) is 0. The molecule has 0 aliphatic rings. The van der Waals surface area contributed by atoms with Gasteiger partial charge in [-0.1, -0.05) is 33.6 Å². The molecule has 0 saturated carbocycles. The van der Waals surface area contributed by atoms with E-state index >= 15 is 0 Å². The molecule has 0 aromatic heterocycles. The summed E-state index contributed by atoms with van der Waals surface area (Å²) in [4.78, 5) is 0. The van der Waals surface area contributed by atoms with Gasteiger partial charge in [-0.15, -0.1) is 0 Å². The van der Waals surface area contributed by atoms with Gasteiger partial charge in [0.05, 0.1) is 6.07 Å². The van der Waals surface area contributed by atoms with Gasteiger partial charge in [0.15, 0.2) is 0 Å². The molecule has 0 heterocycles. The van der Waals surface area contributed by atoms with Crippen LogP contribution in [0.25, 0.3) is 0 Å². The van der Waals surface area contributed by atoms with Crippen LogP contribution in [0.3, 0.4) is 0 Å². The van der Waals surface area contributed by atoms with Crippen molar-refractivity contribution in [2.24, 2.45) is 11.8 Å². The average molecular weight is 153 g/mol. The van der Waals surface area contributed by atoms with Gasteiger partial charge in [0.1, 0.15) is 0 Å². The van der Waals surface area contributed by atoms with Crippen LogP contribution in [-0.4, -0.2) is 0 Å². The minimum absolute atomic E-state index is 0.292. The quantitative estimate of drug-likeness (QED) is 0.594. The molecule has 64 valence electrons. The predicted octanol–water partition coefficient (Wildman–Crippen LogP) is 3.36. The maximum Gasteiger partial charge on any atom is 0.0658 e. The molecule has 0 aromatic rings. The highest BCUT2D eigenvalue weighted by Crippen LogP contribution is 2.20. The summed E-state index contributed by atoms with van der Waals surface area (Å²) < 4.78 is 0. The van der Waals surface area contributed by atoms with Crippen LogP contribution in [0, 0.1) is 23.2 Å². The first-order valence-electron chi connectivity index (χ1n) is 4.65. The molecule has 0 fully saturated rings. The van der Waals surface area contributed by atoms with E-state index in [1.807, 2.05) is 0 Å². The normalized spacial score (nSPS) is 15.5. The third-order valence-corrected chi connectivity index (χ3v) is 2.20. The first-order chi connectivity index (χ1) is 5.26. The van der Waals surface area contributed by atoms with Gasteiger partial charge >= 0.3 is 0 Å². The third kappa shape index (κ3) is 4.03. The van der Waals surface area contributed by atoms with E-state index in [9.17, 15) is 0 Å². The van der Waals surface area contributed by atoms with Crippen LogP contribution in [0.15, 0.2) is 0 Å². The van der Waals surface area contributed by atoms with E-state index in [1.54, 1.807) is 0 Å². The fraction of sp³-hybridized carbons (Fsp3) is 0.900. The molecular formula is C10H19N. The Labute approximate surface area is 70.4 Å². The van der Waals surface area contributed by atoms with Crippen LogP contribution < -0.4 is 0 Å². The molecule has 0 amide bonds. The van der Waals surface area contributed by atoms with Crippen molar-refractivity contribution in [3.8, 4) is 6.07 Å². The summed E-state index contributed by atoms with van der Waals surface area (Å²) in [5.74, 6) is 0.880. The Kier molecular flexibility index (Phi) is 5.93. The van der Waals surface area contributed by atoms with E-state index in [0.29, 0.717) is 11.8 Å². The second kappa shape index (κ2) is 6.22. The summed E-state index contributed by atoms with van der Waals surface area (Å²) in [6.07, 6.45) is 4.59. The maximum atomic E-state index is 8.80. The zero-order valence-corrected chi connectivity index (χ0v) is 7.93. The van der Waals surface area contributed by atoms with Crippen LogP contribution >= 0.6 is 0 Å². The smallest absolute Gasteiger partial charge is 0.0658 e. The largest absolute Gasteiger partial charge is 0.198 e. The van der Waals surface area contributed by atoms with E-state index in [4.69, 9.17) is 5.26 Å². The summed E-state index contributed by atoms with van der Waals surface area (Å²) in [6, 6.07) is 2.39. The molecule has 0 radical (unpaired) electrons. The highest BCUT2D eigenvalue weighted by atomic mass is 14.3. The first-order valence-corrected chi connectivity index (χ1v) is 4.65. The van der Waals surface area contributed by atoms with Gasteiger partial charge in [0, 0.05) is 5.92 Å². The molecule has 0 aliphatic carbocycles. The zero-order valence-electron chi connectivity index (χ0n) is 7.93. The lowest BCUT2D eigenvalue weighted by Crippen LogP contribution is -2.08. The Morgan fingerprint density at radius 1 is 1.18 bits per heavy atom.